The van der Waals surface area contributed by atoms with E-state index in [2.05, 4.69) is 6.07 Å². The molecule has 2 aliphatic rings. The second-order valence-corrected chi connectivity index (χ2v) is 8.87. The topological polar surface area (TPSA) is 89.2 Å². The van der Waals surface area contributed by atoms with Crippen molar-refractivity contribution in [1.82, 2.24) is 0 Å². The fraction of sp³-hybridized carbons (Fsp3) is 0.273. The van der Waals surface area contributed by atoms with Gasteiger partial charge in [0.1, 0.15) is 28.9 Å². The molecule has 1 aliphatic heterocycles. The highest BCUT2D eigenvalue weighted by atomic mass is 35.5. The first kappa shape index (κ1) is 19.6. The average Bonchev–Trinajstić information content (AvgIpc) is 3.08. The van der Waals surface area contributed by atoms with E-state index in [1.165, 1.54) is 0 Å². The van der Waals surface area contributed by atoms with Crippen molar-refractivity contribution < 1.29 is 13.9 Å². The number of carbonyl (C=O) groups is 1. The van der Waals surface area contributed by atoms with E-state index >= 15 is 0 Å². The lowest BCUT2D eigenvalue weighted by Gasteiger charge is -2.36. The van der Waals surface area contributed by atoms with E-state index < -0.39 is 5.92 Å². The zero-order valence-electron chi connectivity index (χ0n) is 15.9. The summed E-state index contributed by atoms with van der Waals surface area (Å²) in [5.41, 5.74) is 7.06. The van der Waals surface area contributed by atoms with Crippen LogP contribution in [0.1, 0.15) is 38.4 Å². The predicted molar refractivity (Wildman–Crippen MR) is 110 cm³/mol. The quantitative estimate of drug-likeness (QED) is 0.661. The summed E-state index contributed by atoms with van der Waals surface area (Å²) in [4.78, 5) is 13.0. The molecule has 0 unspecified atom stereocenters. The van der Waals surface area contributed by atoms with Crippen LogP contribution < -0.4 is 5.73 Å². The molecule has 148 valence electrons. The van der Waals surface area contributed by atoms with Crippen LogP contribution >= 0.6 is 23.2 Å². The van der Waals surface area contributed by atoms with E-state index in [0.717, 1.165) is 0 Å². The lowest BCUT2D eigenvalue weighted by atomic mass is 9.71. The van der Waals surface area contributed by atoms with E-state index in [9.17, 15) is 10.1 Å². The van der Waals surface area contributed by atoms with Gasteiger partial charge < -0.3 is 14.9 Å². The van der Waals surface area contributed by atoms with Gasteiger partial charge in [-0.05, 0) is 35.7 Å². The van der Waals surface area contributed by atoms with Crippen molar-refractivity contribution in [2.75, 3.05) is 0 Å². The lowest BCUT2D eigenvalue weighted by Crippen LogP contribution is -2.33. The van der Waals surface area contributed by atoms with Gasteiger partial charge in [-0.2, -0.15) is 5.26 Å². The monoisotopic (exact) mass is 428 g/mol. The Balaban J connectivity index is 1.83. The van der Waals surface area contributed by atoms with Gasteiger partial charge in [-0.3, -0.25) is 4.79 Å². The third-order valence-corrected chi connectivity index (χ3v) is 5.73. The molecule has 0 fully saturated rings. The number of furan rings is 1. The van der Waals surface area contributed by atoms with Crippen LogP contribution in [0, 0.1) is 16.7 Å². The number of benzene rings is 1. The largest absolute Gasteiger partial charge is 0.460 e. The number of rotatable bonds is 2. The molecule has 0 spiro atoms. The van der Waals surface area contributed by atoms with E-state index in [0.29, 0.717) is 51.3 Å². The first-order valence-electron chi connectivity index (χ1n) is 9.09. The molecule has 0 amide bonds. The van der Waals surface area contributed by atoms with Crippen LogP contribution in [0.5, 0.6) is 0 Å². The maximum absolute atomic E-state index is 13.0. The van der Waals surface area contributed by atoms with Crippen LogP contribution in [0.3, 0.4) is 0 Å². The Hall–Kier alpha value is -2.68. The summed E-state index contributed by atoms with van der Waals surface area (Å²) in [5.74, 6) is 0.694. The van der Waals surface area contributed by atoms with Gasteiger partial charge >= 0.3 is 0 Å². The molecule has 29 heavy (non-hydrogen) atoms. The Morgan fingerprint density at radius 1 is 1.21 bits per heavy atom. The Morgan fingerprint density at radius 2 is 1.97 bits per heavy atom. The van der Waals surface area contributed by atoms with Gasteiger partial charge in [0.15, 0.2) is 5.78 Å². The number of hydrogen-bond donors (Lipinski definition) is 1. The zero-order chi connectivity index (χ0) is 20.9. The average molecular weight is 429 g/mol. The third-order valence-electron chi connectivity index (χ3n) is 5.18. The molecule has 1 atom stereocenters. The smallest absolute Gasteiger partial charge is 0.205 e. The van der Waals surface area contributed by atoms with Gasteiger partial charge in [0.2, 0.25) is 5.88 Å². The summed E-state index contributed by atoms with van der Waals surface area (Å²) in [6.07, 6.45) is 0.918. The normalized spacial score (nSPS) is 20.9. The van der Waals surface area contributed by atoms with E-state index in [1.54, 1.807) is 30.3 Å². The molecule has 0 saturated carbocycles. The Labute approximate surface area is 178 Å². The number of ketones is 1. The number of nitrogens with zero attached hydrogens (tertiary/aromatic N) is 1. The predicted octanol–water partition coefficient (Wildman–Crippen LogP) is 5.70. The Morgan fingerprint density at radius 3 is 2.66 bits per heavy atom. The first-order chi connectivity index (χ1) is 13.7. The number of nitriles is 1. The van der Waals surface area contributed by atoms with E-state index in [4.69, 9.17) is 38.1 Å². The summed E-state index contributed by atoms with van der Waals surface area (Å²) in [5, 5.41) is 10.6. The zero-order valence-corrected chi connectivity index (χ0v) is 17.4. The molecule has 1 aromatic carbocycles. The molecule has 1 aliphatic carbocycles. The molecule has 2 aromatic rings. The number of carbonyl (C=O) groups excluding carboxylic acids is 1. The van der Waals surface area contributed by atoms with E-state index in [1.807, 2.05) is 13.8 Å². The van der Waals surface area contributed by atoms with Crippen molar-refractivity contribution >= 4 is 29.0 Å². The van der Waals surface area contributed by atoms with Crippen LogP contribution in [-0.2, 0) is 9.53 Å². The minimum atomic E-state index is -0.702. The maximum atomic E-state index is 13.0. The Kier molecular flexibility index (Phi) is 4.72. The molecule has 4 rings (SSSR count). The molecule has 1 aromatic heterocycles. The van der Waals surface area contributed by atoms with Crippen LogP contribution in [-0.4, -0.2) is 5.78 Å². The summed E-state index contributed by atoms with van der Waals surface area (Å²) < 4.78 is 11.7. The molecule has 5 nitrogen and oxygen atoms in total. The van der Waals surface area contributed by atoms with Crippen molar-refractivity contribution in [3.8, 4) is 17.4 Å². The number of hydrogen-bond acceptors (Lipinski definition) is 5. The minimum Gasteiger partial charge on any atom is -0.460 e. The summed E-state index contributed by atoms with van der Waals surface area (Å²) in [6.45, 7) is 4.00. The van der Waals surface area contributed by atoms with Crippen molar-refractivity contribution in [1.29, 1.82) is 5.26 Å². The van der Waals surface area contributed by atoms with Crippen LogP contribution in [0.15, 0.2) is 57.5 Å². The second-order valence-electron chi connectivity index (χ2n) is 8.03. The standard InChI is InChI=1S/C22H18Cl2N2O3/c1-22(2)8-15(27)20-18(9-22)29-21(26)13(10-25)19(20)17-6-5-16(28-17)12-4-3-11(23)7-14(12)24/h3-7,19H,8-9,26H2,1-2H3/t19-/m0/s1. The maximum Gasteiger partial charge on any atom is 0.205 e. The molecule has 0 saturated heterocycles. The van der Waals surface area contributed by atoms with Crippen LogP contribution in [0.2, 0.25) is 10.0 Å². The molecular formula is C22H18Cl2N2O3. The summed E-state index contributed by atoms with van der Waals surface area (Å²) in [7, 11) is 0. The highest BCUT2D eigenvalue weighted by Crippen LogP contribution is 2.48. The van der Waals surface area contributed by atoms with Crippen molar-refractivity contribution in [3.05, 3.63) is 68.9 Å². The number of ether oxygens (including phenoxy) is 1. The Bertz CT molecular complexity index is 1140. The molecule has 0 radical (unpaired) electrons. The van der Waals surface area contributed by atoms with Gasteiger partial charge in [-0.15, -0.1) is 0 Å². The van der Waals surface area contributed by atoms with Gasteiger partial charge in [0, 0.05) is 29.0 Å². The lowest BCUT2D eigenvalue weighted by molar-refractivity contribution is -0.119. The molecule has 7 heteroatoms. The first-order valence-corrected chi connectivity index (χ1v) is 9.85. The van der Waals surface area contributed by atoms with Crippen molar-refractivity contribution in [3.63, 3.8) is 0 Å². The number of Topliss-reactive ketones (excluding diaryl/α,β-unsaturated/α-hetero) is 1. The van der Waals surface area contributed by atoms with Gasteiger partial charge in [-0.1, -0.05) is 37.0 Å². The third kappa shape index (κ3) is 3.43. The van der Waals surface area contributed by atoms with Gasteiger partial charge in [0.25, 0.3) is 0 Å². The van der Waals surface area contributed by atoms with Crippen molar-refractivity contribution in [2.45, 2.75) is 32.6 Å². The number of nitrogens with two attached hydrogens (primary N) is 1. The number of halogens is 2. The van der Waals surface area contributed by atoms with E-state index in [-0.39, 0.29) is 22.7 Å². The summed E-state index contributed by atoms with van der Waals surface area (Å²) in [6, 6.07) is 10.7. The van der Waals surface area contributed by atoms with Crippen LogP contribution in [0.4, 0.5) is 0 Å². The minimum absolute atomic E-state index is 0.00391. The van der Waals surface area contributed by atoms with Gasteiger partial charge in [-0.25, -0.2) is 0 Å². The highest BCUT2D eigenvalue weighted by molar-refractivity contribution is 6.36. The molecule has 2 N–H and O–H groups in total. The molecule has 2 heterocycles. The van der Waals surface area contributed by atoms with Gasteiger partial charge in [0.05, 0.1) is 10.9 Å². The number of allylic oxidation sites excluding steroid dienone is 3. The fourth-order valence-corrected chi connectivity index (χ4v) is 4.41. The second kappa shape index (κ2) is 6.98. The van der Waals surface area contributed by atoms with Crippen LogP contribution in [0.25, 0.3) is 11.3 Å². The highest BCUT2D eigenvalue weighted by Gasteiger charge is 2.44. The molecular weight excluding hydrogens is 411 g/mol. The van der Waals surface area contributed by atoms with Crippen molar-refractivity contribution in [2.24, 2.45) is 11.1 Å². The molecule has 0 bridgehead atoms. The fourth-order valence-electron chi connectivity index (χ4n) is 3.91. The SMILES string of the molecule is CC1(C)CC(=O)C2=C(C1)OC(N)=C(C#N)[C@H]2c1ccc(-c2ccc(Cl)cc2Cl)o1. The summed E-state index contributed by atoms with van der Waals surface area (Å²) >= 11 is 12.3.